The summed E-state index contributed by atoms with van der Waals surface area (Å²) in [6.45, 7) is -1.52. The Hall–Kier alpha value is -1.26. The Morgan fingerprint density at radius 3 is 2.29 bits per heavy atom. The second-order valence-corrected chi connectivity index (χ2v) is 3.14. The van der Waals surface area contributed by atoms with Crippen molar-refractivity contribution in [3.63, 3.8) is 0 Å². The Bertz CT molecular complexity index is 258. The third-order valence-electron chi connectivity index (χ3n) is 1.76. The molecule has 17 heavy (non-hydrogen) atoms. The average Bonchev–Trinajstić information content (AvgIpc) is 2.31. The molecule has 0 aliphatic heterocycles. The van der Waals surface area contributed by atoms with Crippen LogP contribution in [0.15, 0.2) is 5.16 Å². The smallest absolute Gasteiger partial charge is 0.344 e. The van der Waals surface area contributed by atoms with Gasteiger partial charge in [0.25, 0.3) is 0 Å². The molecule has 0 heterocycles. The SMILES string of the molecule is O=C(O)CO/N=C\C(O)C(O)C(O)C(O)CO. The second kappa shape index (κ2) is 7.92. The highest BCUT2D eigenvalue weighted by molar-refractivity contribution is 5.68. The van der Waals surface area contributed by atoms with Crippen LogP contribution in [0.25, 0.3) is 0 Å². The molecule has 0 aliphatic carbocycles. The summed E-state index contributed by atoms with van der Waals surface area (Å²) in [7, 11) is 0. The number of aliphatic hydroxyl groups is 5. The number of hydrogen-bond acceptors (Lipinski definition) is 8. The van der Waals surface area contributed by atoms with Crippen LogP contribution in [0.4, 0.5) is 0 Å². The fourth-order valence-electron chi connectivity index (χ4n) is 0.824. The third-order valence-corrected chi connectivity index (χ3v) is 1.76. The lowest BCUT2D eigenvalue weighted by molar-refractivity contribution is -0.142. The Labute approximate surface area is 96.2 Å². The normalized spacial score (nSPS) is 18.6. The van der Waals surface area contributed by atoms with E-state index < -0.39 is 43.6 Å². The number of aliphatic carboxylic acids is 1. The van der Waals surface area contributed by atoms with Gasteiger partial charge in [0.1, 0.15) is 24.4 Å². The first-order valence-corrected chi connectivity index (χ1v) is 4.60. The fourth-order valence-corrected chi connectivity index (χ4v) is 0.824. The zero-order chi connectivity index (χ0) is 13.4. The maximum Gasteiger partial charge on any atom is 0.344 e. The van der Waals surface area contributed by atoms with Crippen LogP contribution >= 0.6 is 0 Å². The van der Waals surface area contributed by atoms with Crippen molar-refractivity contribution in [2.24, 2.45) is 5.16 Å². The van der Waals surface area contributed by atoms with Crippen molar-refractivity contribution in [2.45, 2.75) is 24.4 Å². The number of carbonyl (C=O) groups is 1. The van der Waals surface area contributed by atoms with Crippen molar-refractivity contribution < 1.29 is 40.3 Å². The van der Waals surface area contributed by atoms with Crippen LogP contribution < -0.4 is 0 Å². The molecule has 0 aromatic heterocycles. The van der Waals surface area contributed by atoms with Crippen LogP contribution in [0.2, 0.25) is 0 Å². The lowest BCUT2D eigenvalue weighted by atomic mass is 10.0. The summed E-state index contributed by atoms with van der Waals surface area (Å²) in [4.78, 5) is 14.2. The molecule has 4 atom stereocenters. The monoisotopic (exact) mass is 253 g/mol. The van der Waals surface area contributed by atoms with Crippen molar-refractivity contribution in [3.05, 3.63) is 0 Å². The first kappa shape index (κ1) is 15.7. The quantitative estimate of drug-likeness (QED) is 0.192. The van der Waals surface area contributed by atoms with Crippen LogP contribution in [-0.2, 0) is 9.63 Å². The third kappa shape index (κ3) is 6.14. The van der Waals surface area contributed by atoms with Crippen LogP contribution in [-0.4, -0.2) is 80.5 Å². The molecule has 0 radical (unpaired) electrons. The van der Waals surface area contributed by atoms with E-state index in [0.29, 0.717) is 6.21 Å². The summed E-state index contributed by atoms with van der Waals surface area (Å²) in [5.74, 6) is -1.27. The zero-order valence-corrected chi connectivity index (χ0v) is 8.75. The van der Waals surface area contributed by atoms with Gasteiger partial charge in [-0.2, -0.15) is 0 Å². The molecule has 0 amide bonds. The topological polar surface area (TPSA) is 160 Å². The molecule has 6 N–H and O–H groups in total. The van der Waals surface area contributed by atoms with Gasteiger partial charge < -0.3 is 35.5 Å². The molecule has 4 unspecified atom stereocenters. The Kier molecular flexibility index (Phi) is 7.34. The van der Waals surface area contributed by atoms with Crippen LogP contribution in [0.3, 0.4) is 0 Å². The number of nitrogens with zero attached hydrogens (tertiary/aromatic N) is 1. The number of aliphatic hydroxyl groups excluding tert-OH is 5. The van der Waals surface area contributed by atoms with E-state index in [1.807, 2.05) is 0 Å². The van der Waals surface area contributed by atoms with Crippen molar-refractivity contribution in [2.75, 3.05) is 13.2 Å². The largest absolute Gasteiger partial charge is 0.479 e. The minimum absolute atomic E-state index is 0.654. The summed E-state index contributed by atoms with van der Waals surface area (Å²) in [5.41, 5.74) is 0. The molecule has 0 aromatic rings. The van der Waals surface area contributed by atoms with E-state index >= 15 is 0 Å². The van der Waals surface area contributed by atoms with Crippen LogP contribution in [0, 0.1) is 0 Å². The van der Waals surface area contributed by atoms with Crippen molar-refractivity contribution >= 4 is 12.2 Å². The highest BCUT2D eigenvalue weighted by Gasteiger charge is 2.29. The maximum atomic E-state index is 10.0. The number of carboxylic acid groups (broad SMARTS) is 1. The number of hydrogen-bond donors (Lipinski definition) is 6. The Morgan fingerprint density at radius 1 is 1.24 bits per heavy atom. The van der Waals surface area contributed by atoms with Gasteiger partial charge >= 0.3 is 5.97 Å². The molecule has 0 bridgehead atoms. The first-order valence-electron chi connectivity index (χ1n) is 4.60. The van der Waals surface area contributed by atoms with Gasteiger partial charge in [-0.25, -0.2) is 4.79 Å². The number of rotatable bonds is 8. The van der Waals surface area contributed by atoms with Gasteiger partial charge in [0.2, 0.25) is 6.61 Å². The summed E-state index contributed by atoms with van der Waals surface area (Å²) >= 11 is 0. The standard InChI is InChI=1S/C8H15NO8/c10-2-5(12)8(16)7(15)4(11)1-9-17-3-6(13)14/h1,4-5,7-8,10-12,15-16H,2-3H2,(H,13,14)/b9-1-. The molecular formula is C8H15NO8. The Morgan fingerprint density at radius 2 is 1.82 bits per heavy atom. The lowest BCUT2D eigenvalue weighted by Crippen LogP contribution is -2.46. The molecule has 0 rings (SSSR count). The summed E-state index contributed by atoms with van der Waals surface area (Å²) in [6.07, 6.45) is -6.22. The van der Waals surface area contributed by atoms with Gasteiger partial charge in [-0.05, 0) is 0 Å². The van der Waals surface area contributed by atoms with Crippen molar-refractivity contribution in [1.82, 2.24) is 0 Å². The zero-order valence-electron chi connectivity index (χ0n) is 8.75. The molecule has 0 fully saturated rings. The highest BCUT2D eigenvalue weighted by atomic mass is 16.6. The molecule has 0 aromatic carbocycles. The summed E-state index contributed by atoms with van der Waals surface area (Å²) in [5, 5.41) is 56.3. The summed E-state index contributed by atoms with van der Waals surface area (Å²) < 4.78 is 0. The molecule has 0 spiro atoms. The van der Waals surface area contributed by atoms with Gasteiger partial charge in [-0.3, -0.25) is 0 Å². The van der Waals surface area contributed by atoms with Crippen molar-refractivity contribution in [3.8, 4) is 0 Å². The predicted octanol–water partition coefficient (Wildman–Crippen LogP) is -3.49. The number of oxime groups is 1. The van der Waals surface area contributed by atoms with E-state index in [1.165, 1.54) is 0 Å². The van der Waals surface area contributed by atoms with E-state index in [2.05, 4.69) is 9.99 Å². The molecular weight excluding hydrogens is 238 g/mol. The second-order valence-electron chi connectivity index (χ2n) is 3.14. The Balaban J connectivity index is 4.12. The summed E-state index contributed by atoms with van der Waals surface area (Å²) in [6, 6.07) is 0. The minimum Gasteiger partial charge on any atom is -0.479 e. The fraction of sp³-hybridized carbons (Fsp3) is 0.750. The van der Waals surface area contributed by atoms with E-state index in [9.17, 15) is 20.1 Å². The van der Waals surface area contributed by atoms with E-state index in [4.69, 9.17) is 15.3 Å². The van der Waals surface area contributed by atoms with Gasteiger partial charge in [-0.1, -0.05) is 5.16 Å². The molecule has 0 aliphatic rings. The van der Waals surface area contributed by atoms with Crippen LogP contribution in [0.5, 0.6) is 0 Å². The molecule has 9 nitrogen and oxygen atoms in total. The van der Waals surface area contributed by atoms with Gasteiger partial charge in [-0.15, -0.1) is 0 Å². The van der Waals surface area contributed by atoms with E-state index in [-0.39, 0.29) is 0 Å². The van der Waals surface area contributed by atoms with Crippen molar-refractivity contribution in [1.29, 1.82) is 0 Å². The van der Waals surface area contributed by atoms with Gasteiger partial charge in [0, 0.05) is 0 Å². The molecule has 0 saturated heterocycles. The lowest BCUT2D eigenvalue weighted by Gasteiger charge is -2.23. The average molecular weight is 253 g/mol. The van der Waals surface area contributed by atoms with Crippen LogP contribution in [0.1, 0.15) is 0 Å². The van der Waals surface area contributed by atoms with E-state index in [1.54, 1.807) is 0 Å². The maximum absolute atomic E-state index is 10.0. The minimum atomic E-state index is -1.80. The molecule has 100 valence electrons. The first-order chi connectivity index (χ1) is 7.90. The molecule has 9 heteroatoms. The predicted molar refractivity (Wildman–Crippen MR) is 53.2 cm³/mol. The van der Waals surface area contributed by atoms with Gasteiger partial charge in [0.05, 0.1) is 12.8 Å². The van der Waals surface area contributed by atoms with E-state index in [0.717, 1.165) is 0 Å². The number of carboxylic acids is 1. The molecule has 0 saturated carbocycles. The van der Waals surface area contributed by atoms with Gasteiger partial charge in [0.15, 0.2) is 0 Å². The highest BCUT2D eigenvalue weighted by Crippen LogP contribution is 2.03.